The molecule has 1 aromatic carbocycles. The Hall–Kier alpha value is -4.00. The van der Waals surface area contributed by atoms with Crippen molar-refractivity contribution >= 4 is 12.0 Å². The van der Waals surface area contributed by atoms with Crippen molar-refractivity contribution in [2.45, 2.75) is 37.3 Å². The summed E-state index contributed by atoms with van der Waals surface area (Å²) in [6.45, 7) is 1.30. The molecule has 13 heteroatoms. The minimum Gasteiger partial charge on any atom is -0.403 e. The minimum absolute atomic E-state index is 0.0439. The number of anilines is 2. The van der Waals surface area contributed by atoms with E-state index in [-0.39, 0.29) is 6.04 Å². The molecule has 0 bridgehead atoms. The van der Waals surface area contributed by atoms with E-state index in [1.54, 1.807) is 25.7 Å². The number of halogens is 2. The number of piperidine rings is 1. The standard InChI is InChI=1S/C23H23F2N9O2/c1-35-23(19-12-28-33-30-19)2-4-34(5-3-23)22-32-31-20(36-22)15-10-26-21(27-11-15)29-16-6-13-8-17(24)18(25)9-14(13)7-16/h8-12,16H,2-7H2,1H3,(H,26,27,29)(H,28,30,33). The number of hydrogen-bond donors (Lipinski definition) is 2. The van der Waals surface area contributed by atoms with Gasteiger partial charge in [0.1, 0.15) is 11.3 Å². The summed E-state index contributed by atoms with van der Waals surface area (Å²) in [4.78, 5) is 10.7. The fourth-order valence-electron chi connectivity index (χ4n) is 4.92. The predicted molar refractivity (Wildman–Crippen MR) is 123 cm³/mol. The fourth-order valence-corrected chi connectivity index (χ4v) is 4.92. The molecule has 2 aliphatic rings. The van der Waals surface area contributed by atoms with Crippen LogP contribution in [0.3, 0.4) is 0 Å². The SMILES string of the molecule is COC1(c2c[nH]nn2)CCN(c2nnc(-c3cnc(NC4Cc5cc(F)c(F)cc5C4)nc3)o2)CC1. The lowest BCUT2D eigenvalue weighted by Crippen LogP contribution is -2.44. The summed E-state index contributed by atoms with van der Waals surface area (Å²) in [7, 11) is 1.68. The highest BCUT2D eigenvalue weighted by Gasteiger charge is 2.39. The first-order chi connectivity index (χ1) is 17.5. The summed E-state index contributed by atoms with van der Waals surface area (Å²) < 4.78 is 38.7. The Morgan fingerprint density at radius 2 is 1.75 bits per heavy atom. The molecule has 0 unspecified atom stereocenters. The van der Waals surface area contributed by atoms with E-state index in [4.69, 9.17) is 9.15 Å². The number of benzene rings is 1. The Kier molecular flexibility index (Phi) is 5.55. The molecule has 0 amide bonds. The minimum atomic E-state index is -0.827. The third-order valence-corrected chi connectivity index (χ3v) is 6.94. The van der Waals surface area contributed by atoms with Crippen LogP contribution in [-0.2, 0) is 23.2 Å². The maximum Gasteiger partial charge on any atom is 0.318 e. The van der Waals surface area contributed by atoms with Crippen LogP contribution in [0.2, 0.25) is 0 Å². The maximum absolute atomic E-state index is 13.5. The van der Waals surface area contributed by atoms with Gasteiger partial charge in [0.05, 0.1) is 5.56 Å². The lowest BCUT2D eigenvalue weighted by Gasteiger charge is -2.38. The van der Waals surface area contributed by atoms with Crippen LogP contribution in [0.4, 0.5) is 20.7 Å². The van der Waals surface area contributed by atoms with Gasteiger partial charge in [-0.05, 0) is 48.9 Å². The molecular weight excluding hydrogens is 472 g/mol. The molecule has 0 radical (unpaired) electrons. The molecular formula is C23H23F2N9O2. The summed E-state index contributed by atoms with van der Waals surface area (Å²) in [5.74, 6) is -0.925. The zero-order valence-corrected chi connectivity index (χ0v) is 19.4. The van der Waals surface area contributed by atoms with E-state index in [0.29, 0.717) is 62.2 Å². The molecule has 11 nitrogen and oxygen atoms in total. The number of ether oxygens (including phenoxy) is 1. The average Bonchev–Trinajstić information content (AvgIpc) is 3.67. The molecule has 1 saturated heterocycles. The third kappa shape index (κ3) is 4.04. The van der Waals surface area contributed by atoms with Crippen LogP contribution in [-0.4, -0.2) is 61.8 Å². The van der Waals surface area contributed by atoms with Crippen molar-refractivity contribution in [1.82, 2.24) is 35.6 Å². The molecule has 1 aliphatic carbocycles. The number of rotatable bonds is 6. The van der Waals surface area contributed by atoms with Crippen LogP contribution in [0.1, 0.15) is 29.7 Å². The van der Waals surface area contributed by atoms with E-state index in [9.17, 15) is 8.78 Å². The van der Waals surface area contributed by atoms with Crippen molar-refractivity contribution in [3.63, 3.8) is 0 Å². The van der Waals surface area contributed by atoms with E-state index < -0.39 is 17.2 Å². The van der Waals surface area contributed by atoms with Crippen LogP contribution in [0, 0.1) is 11.6 Å². The summed E-state index contributed by atoms with van der Waals surface area (Å²) in [5.41, 5.74) is 2.46. The highest BCUT2D eigenvalue weighted by atomic mass is 19.2. The van der Waals surface area contributed by atoms with E-state index in [2.05, 4.69) is 40.9 Å². The Bertz CT molecular complexity index is 1320. The molecule has 1 aliphatic heterocycles. The average molecular weight is 495 g/mol. The molecule has 0 saturated carbocycles. The van der Waals surface area contributed by atoms with Crippen molar-refractivity contribution in [2.75, 3.05) is 30.4 Å². The monoisotopic (exact) mass is 495 g/mol. The van der Waals surface area contributed by atoms with Crippen LogP contribution in [0.25, 0.3) is 11.5 Å². The number of fused-ring (bicyclic) bond motifs is 1. The number of aromatic nitrogens is 7. The van der Waals surface area contributed by atoms with Gasteiger partial charge in [0.25, 0.3) is 5.89 Å². The van der Waals surface area contributed by atoms with Gasteiger partial charge in [-0.1, -0.05) is 10.3 Å². The quantitative estimate of drug-likeness (QED) is 0.412. The Morgan fingerprint density at radius 1 is 1.06 bits per heavy atom. The third-order valence-electron chi connectivity index (χ3n) is 6.94. The molecule has 4 heterocycles. The molecule has 0 spiro atoms. The molecule has 6 rings (SSSR count). The van der Waals surface area contributed by atoms with Gasteiger partial charge in [-0.15, -0.1) is 10.2 Å². The van der Waals surface area contributed by atoms with Gasteiger partial charge >= 0.3 is 6.01 Å². The van der Waals surface area contributed by atoms with Crippen molar-refractivity contribution in [1.29, 1.82) is 0 Å². The lowest BCUT2D eigenvalue weighted by molar-refractivity contribution is -0.0386. The number of hydrogen-bond acceptors (Lipinski definition) is 10. The molecule has 0 atom stereocenters. The summed E-state index contributed by atoms with van der Waals surface area (Å²) >= 11 is 0. The highest BCUT2D eigenvalue weighted by Crippen LogP contribution is 2.36. The molecule has 4 aromatic rings. The number of methoxy groups -OCH3 is 1. The van der Waals surface area contributed by atoms with Gasteiger partial charge in [-0.25, -0.2) is 18.7 Å². The van der Waals surface area contributed by atoms with Crippen molar-refractivity contribution in [2.24, 2.45) is 0 Å². The number of H-pyrrole nitrogens is 1. The van der Waals surface area contributed by atoms with E-state index in [0.717, 1.165) is 16.8 Å². The highest BCUT2D eigenvalue weighted by molar-refractivity contribution is 5.52. The first-order valence-corrected chi connectivity index (χ1v) is 11.6. The molecule has 36 heavy (non-hydrogen) atoms. The number of aromatic amines is 1. The normalized spacial score (nSPS) is 17.4. The molecule has 186 valence electrons. The second-order valence-corrected chi connectivity index (χ2v) is 9.01. The van der Waals surface area contributed by atoms with Gasteiger partial charge in [-0.3, -0.25) is 5.10 Å². The second kappa shape index (κ2) is 8.90. The number of nitrogens with zero attached hydrogens (tertiary/aromatic N) is 7. The van der Waals surface area contributed by atoms with Crippen LogP contribution in [0.15, 0.2) is 35.1 Å². The predicted octanol–water partition coefficient (Wildman–Crippen LogP) is 2.64. The van der Waals surface area contributed by atoms with E-state index in [1.807, 2.05) is 4.90 Å². The zero-order chi connectivity index (χ0) is 24.7. The van der Waals surface area contributed by atoms with Gasteiger partial charge in [0.15, 0.2) is 11.6 Å². The summed E-state index contributed by atoms with van der Waals surface area (Å²) in [6, 6.07) is 2.89. The second-order valence-electron chi connectivity index (χ2n) is 9.01. The smallest absolute Gasteiger partial charge is 0.318 e. The van der Waals surface area contributed by atoms with Crippen LogP contribution >= 0.6 is 0 Å². The molecule has 3 aromatic heterocycles. The van der Waals surface area contributed by atoms with Crippen molar-refractivity contribution < 1.29 is 17.9 Å². The largest absolute Gasteiger partial charge is 0.403 e. The Labute approximate surface area is 204 Å². The maximum atomic E-state index is 13.5. The van der Waals surface area contributed by atoms with Crippen molar-refractivity contribution in [3.05, 3.63) is 59.2 Å². The molecule has 2 N–H and O–H groups in total. The van der Waals surface area contributed by atoms with E-state index >= 15 is 0 Å². The van der Waals surface area contributed by atoms with Crippen LogP contribution in [0.5, 0.6) is 0 Å². The zero-order valence-electron chi connectivity index (χ0n) is 19.4. The fraction of sp³-hybridized carbons (Fsp3) is 0.391. The number of nitrogens with one attached hydrogen (secondary N) is 2. The first-order valence-electron chi connectivity index (χ1n) is 11.6. The Morgan fingerprint density at radius 3 is 2.36 bits per heavy atom. The summed E-state index contributed by atoms with van der Waals surface area (Å²) in [5, 5.41) is 22.3. The van der Waals surface area contributed by atoms with Gasteiger partial charge < -0.3 is 19.4 Å². The Balaban J connectivity index is 1.08. The molecule has 1 fully saturated rings. The van der Waals surface area contributed by atoms with Gasteiger partial charge in [0, 0.05) is 44.8 Å². The summed E-state index contributed by atoms with van der Waals surface area (Å²) in [6.07, 6.45) is 7.50. The van der Waals surface area contributed by atoms with Gasteiger partial charge in [0.2, 0.25) is 5.95 Å². The van der Waals surface area contributed by atoms with E-state index in [1.165, 1.54) is 12.1 Å². The van der Waals surface area contributed by atoms with Gasteiger partial charge in [-0.2, -0.15) is 0 Å². The van der Waals surface area contributed by atoms with Crippen LogP contribution < -0.4 is 10.2 Å². The first kappa shape index (κ1) is 22.5. The topological polar surface area (TPSA) is 131 Å². The van der Waals surface area contributed by atoms with Crippen molar-refractivity contribution in [3.8, 4) is 11.5 Å². The lowest BCUT2D eigenvalue weighted by atomic mass is 9.88.